The van der Waals surface area contributed by atoms with Gasteiger partial charge in [0.05, 0.1) is 6.54 Å². The molecule has 2 heterocycles. The van der Waals surface area contributed by atoms with Crippen molar-refractivity contribution in [3.05, 3.63) is 5.21 Å². The summed E-state index contributed by atoms with van der Waals surface area (Å²) in [4.78, 5) is 2.90. The molecule has 2 aliphatic heterocycles. The van der Waals surface area contributed by atoms with Crippen LogP contribution < -0.4 is 16.1 Å². The summed E-state index contributed by atoms with van der Waals surface area (Å²) in [6.07, 6.45) is 9.56. The zero-order valence-corrected chi connectivity index (χ0v) is 20.7. The van der Waals surface area contributed by atoms with Crippen LogP contribution >= 0.6 is 0 Å². The van der Waals surface area contributed by atoms with E-state index in [-0.39, 0.29) is 22.2 Å². The number of hydrogen-bond donors (Lipinski definition) is 3. The van der Waals surface area contributed by atoms with Gasteiger partial charge in [-0.25, -0.2) is 0 Å². The second-order valence-electron chi connectivity index (χ2n) is 12.5. The van der Waals surface area contributed by atoms with Crippen molar-refractivity contribution in [2.75, 3.05) is 13.1 Å². The molecule has 5 heteroatoms. The average molecular weight is 411 g/mol. The molecule has 0 spiro atoms. The highest BCUT2D eigenvalue weighted by molar-refractivity contribution is 5.05. The highest BCUT2D eigenvalue weighted by atomic mass is 16.5. The summed E-state index contributed by atoms with van der Waals surface area (Å²) >= 11 is 0. The number of unbranched alkanes of at least 4 members (excludes halogenated alkanes) is 3. The number of piperidine rings is 2. The first-order valence-corrected chi connectivity index (χ1v) is 12.0. The van der Waals surface area contributed by atoms with Crippen LogP contribution in [0.25, 0.3) is 0 Å². The van der Waals surface area contributed by atoms with E-state index in [1.165, 1.54) is 51.5 Å². The first kappa shape index (κ1) is 25.1. The van der Waals surface area contributed by atoms with Crippen molar-refractivity contribution in [3.63, 3.8) is 0 Å². The molecule has 0 radical (unpaired) electrons. The van der Waals surface area contributed by atoms with Crippen LogP contribution in [-0.4, -0.2) is 52.2 Å². The lowest BCUT2D eigenvalue weighted by molar-refractivity contribution is -0.589. The van der Waals surface area contributed by atoms with Crippen molar-refractivity contribution < 1.29 is 5.48 Å². The molecule has 2 aliphatic rings. The van der Waals surface area contributed by atoms with Gasteiger partial charge < -0.3 is 21.3 Å². The third-order valence-electron chi connectivity index (χ3n) is 6.76. The number of nitrogens with two attached hydrogens (primary N) is 1. The fourth-order valence-electron chi connectivity index (χ4n) is 6.54. The van der Waals surface area contributed by atoms with Crippen LogP contribution in [0.3, 0.4) is 0 Å². The quantitative estimate of drug-likeness (QED) is 0.402. The van der Waals surface area contributed by atoms with E-state index in [2.05, 4.69) is 70.9 Å². The van der Waals surface area contributed by atoms with E-state index in [4.69, 9.17) is 0 Å². The maximum atomic E-state index is 10.6. The van der Waals surface area contributed by atoms with Gasteiger partial charge in [0, 0.05) is 34.2 Å². The van der Waals surface area contributed by atoms with Crippen LogP contribution in [0.2, 0.25) is 0 Å². The lowest BCUT2D eigenvalue weighted by Gasteiger charge is -2.55. The number of quaternary nitrogens is 1. The van der Waals surface area contributed by atoms with Crippen LogP contribution in [0.15, 0.2) is 0 Å². The van der Waals surface area contributed by atoms with Crippen molar-refractivity contribution in [2.45, 2.75) is 141 Å². The van der Waals surface area contributed by atoms with Crippen LogP contribution in [0, 0.1) is 5.21 Å². The Bertz CT molecular complexity index is 445. The van der Waals surface area contributed by atoms with Gasteiger partial charge in [0.25, 0.3) is 0 Å². The molecule has 0 aromatic rings. The maximum absolute atomic E-state index is 10.6. The fourth-order valence-corrected chi connectivity index (χ4v) is 6.54. The van der Waals surface area contributed by atoms with E-state index in [1.807, 2.05) is 0 Å². The van der Waals surface area contributed by atoms with Gasteiger partial charge in [0.15, 0.2) is 0 Å². The third-order valence-corrected chi connectivity index (χ3v) is 6.76. The van der Waals surface area contributed by atoms with Crippen LogP contribution in [0.5, 0.6) is 0 Å². The van der Waals surface area contributed by atoms with E-state index >= 15 is 0 Å². The van der Waals surface area contributed by atoms with Gasteiger partial charge in [0.1, 0.15) is 0 Å². The highest BCUT2D eigenvalue weighted by Gasteiger charge is 2.45. The molecule has 0 aromatic heterocycles. The molecule has 0 aromatic carbocycles. The summed E-state index contributed by atoms with van der Waals surface area (Å²) in [6, 6.07) is 1.26. The SMILES string of the molecule is CC1(C)CC(N(CCCCCC[NH2+][O-])C2CC(C)(C)NC(C)(C)C2)CC(C)(C)N1. The molecule has 5 nitrogen and oxygen atoms in total. The summed E-state index contributed by atoms with van der Waals surface area (Å²) in [5.74, 6) is 0. The Morgan fingerprint density at radius 2 is 1.07 bits per heavy atom. The van der Waals surface area contributed by atoms with Crippen LogP contribution in [0.4, 0.5) is 0 Å². The summed E-state index contributed by atoms with van der Waals surface area (Å²) in [6.45, 7) is 20.9. The minimum absolute atomic E-state index is 0.173. The Morgan fingerprint density at radius 3 is 1.45 bits per heavy atom. The Kier molecular flexibility index (Phi) is 8.23. The predicted octanol–water partition coefficient (Wildman–Crippen LogP) is 3.53. The number of rotatable bonds is 9. The minimum atomic E-state index is 0.173. The van der Waals surface area contributed by atoms with Gasteiger partial charge in [-0.15, -0.1) is 0 Å². The normalized spacial score (nSPS) is 26.7. The number of hydrogen-bond acceptors (Lipinski definition) is 4. The average Bonchev–Trinajstić information content (AvgIpc) is 2.47. The van der Waals surface area contributed by atoms with Crippen molar-refractivity contribution in [2.24, 2.45) is 0 Å². The Balaban J connectivity index is 2.14. The molecule has 4 N–H and O–H groups in total. The number of nitrogens with one attached hydrogen (secondary N) is 2. The van der Waals surface area contributed by atoms with E-state index < -0.39 is 0 Å². The number of nitrogens with zero attached hydrogens (tertiary/aromatic N) is 1. The molecular formula is C24H50N4O. The number of hydroxylamine groups is 1. The van der Waals surface area contributed by atoms with Gasteiger partial charge in [0.2, 0.25) is 0 Å². The molecule has 0 bridgehead atoms. The summed E-state index contributed by atoms with van der Waals surface area (Å²) < 4.78 is 0. The zero-order chi connectivity index (χ0) is 21.9. The lowest BCUT2D eigenvalue weighted by Crippen LogP contribution is -2.77. The molecule has 0 aliphatic carbocycles. The minimum Gasteiger partial charge on any atom is -0.636 e. The summed E-state index contributed by atoms with van der Waals surface area (Å²) in [5.41, 5.74) is 1.75. The molecule has 0 amide bonds. The van der Waals surface area contributed by atoms with Crippen molar-refractivity contribution in [1.82, 2.24) is 15.5 Å². The van der Waals surface area contributed by atoms with Gasteiger partial charge in [-0.2, -0.15) is 0 Å². The van der Waals surface area contributed by atoms with Gasteiger partial charge >= 0.3 is 0 Å². The maximum Gasteiger partial charge on any atom is 0.0752 e. The first-order valence-electron chi connectivity index (χ1n) is 12.0. The third kappa shape index (κ3) is 8.10. The van der Waals surface area contributed by atoms with Gasteiger partial charge in [-0.05, 0) is 107 Å². The van der Waals surface area contributed by atoms with Crippen LogP contribution in [0.1, 0.15) is 107 Å². The second kappa shape index (κ2) is 9.52. The smallest absolute Gasteiger partial charge is 0.0752 e. The topological polar surface area (TPSA) is 67.0 Å². The lowest BCUT2D eigenvalue weighted by atomic mass is 9.75. The van der Waals surface area contributed by atoms with Gasteiger partial charge in [-0.3, -0.25) is 4.90 Å². The van der Waals surface area contributed by atoms with E-state index in [9.17, 15) is 5.21 Å². The zero-order valence-electron chi connectivity index (χ0n) is 20.7. The first-order chi connectivity index (χ1) is 13.2. The monoisotopic (exact) mass is 410 g/mol. The molecule has 0 atom stereocenters. The summed E-state index contributed by atoms with van der Waals surface area (Å²) in [5, 5.41) is 18.3. The Morgan fingerprint density at radius 1 is 0.690 bits per heavy atom. The van der Waals surface area contributed by atoms with Gasteiger partial charge in [-0.1, -0.05) is 6.42 Å². The fraction of sp³-hybridized carbons (Fsp3) is 1.00. The van der Waals surface area contributed by atoms with E-state index in [0.29, 0.717) is 12.1 Å². The molecule has 2 rings (SSSR count). The van der Waals surface area contributed by atoms with E-state index in [0.717, 1.165) is 18.4 Å². The Labute approximate surface area is 180 Å². The molecule has 172 valence electrons. The molecular weight excluding hydrogens is 360 g/mol. The summed E-state index contributed by atoms with van der Waals surface area (Å²) in [7, 11) is 0. The van der Waals surface area contributed by atoms with Crippen molar-refractivity contribution in [1.29, 1.82) is 0 Å². The standard InChI is InChI=1S/C24H50N4O/c1-21(2)15-19(16-22(3,4)26-21)28(14-12-10-9-11-13-25-29)20-17-23(5,6)27-24(7,8)18-20/h19-20,26-27H,9-18,25H2,1-8H3. The van der Waals surface area contributed by atoms with Crippen LogP contribution in [-0.2, 0) is 0 Å². The molecule has 0 unspecified atom stereocenters. The molecule has 2 saturated heterocycles. The molecule has 29 heavy (non-hydrogen) atoms. The van der Waals surface area contributed by atoms with E-state index in [1.54, 1.807) is 0 Å². The van der Waals surface area contributed by atoms with Crippen molar-refractivity contribution in [3.8, 4) is 0 Å². The second-order valence-corrected chi connectivity index (χ2v) is 12.5. The largest absolute Gasteiger partial charge is 0.636 e. The molecule has 0 saturated carbocycles. The predicted molar refractivity (Wildman–Crippen MR) is 124 cm³/mol. The molecule has 2 fully saturated rings. The van der Waals surface area contributed by atoms with Crippen molar-refractivity contribution >= 4 is 0 Å². The Hall–Kier alpha value is -0.200. The highest BCUT2D eigenvalue weighted by Crippen LogP contribution is 2.38.